The smallest absolute Gasteiger partial charge is 0.137 e. The van der Waals surface area contributed by atoms with E-state index >= 15 is 0 Å². The molecule has 1 fully saturated rings. The van der Waals surface area contributed by atoms with Crippen molar-refractivity contribution in [1.82, 2.24) is 0 Å². The van der Waals surface area contributed by atoms with Crippen molar-refractivity contribution < 1.29 is 9.53 Å². The van der Waals surface area contributed by atoms with Crippen molar-refractivity contribution in [3.8, 4) is 0 Å². The van der Waals surface area contributed by atoms with Gasteiger partial charge in [0.1, 0.15) is 5.78 Å². The van der Waals surface area contributed by atoms with Gasteiger partial charge in [0.15, 0.2) is 0 Å². The van der Waals surface area contributed by atoms with Crippen LogP contribution in [-0.2, 0) is 9.53 Å². The first kappa shape index (κ1) is 11.3. The summed E-state index contributed by atoms with van der Waals surface area (Å²) in [4.78, 5) is 11.3. The zero-order chi connectivity index (χ0) is 11.4. The number of ether oxygens (including phenoxy) is 1. The second kappa shape index (κ2) is 5.26. The molecule has 0 amide bonds. The third-order valence-electron chi connectivity index (χ3n) is 3.17. The van der Waals surface area contributed by atoms with E-state index in [2.05, 4.69) is 31.2 Å². The molecule has 1 aliphatic rings. The highest BCUT2D eigenvalue weighted by Crippen LogP contribution is 2.24. The van der Waals surface area contributed by atoms with Crippen molar-refractivity contribution in [3.05, 3.63) is 35.9 Å². The van der Waals surface area contributed by atoms with E-state index in [1.807, 2.05) is 6.07 Å². The molecule has 0 bridgehead atoms. The molecule has 2 unspecified atom stereocenters. The Balaban J connectivity index is 1.92. The fourth-order valence-corrected chi connectivity index (χ4v) is 2.22. The van der Waals surface area contributed by atoms with Crippen LogP contribution in [0.2, 0.25) is 0 Å². The fraction of sp³-hybridized carbons (Fsp3) is 0.500. The minimum Gasteiger partial charge on any atom is -0.377 e. The highest BCUT2D eigenvalue weighted by Gasteiger charge is 2.22. The summed E-state index contributed by atoms with van der Waals surface area (Å²) in [5, 5.41) is 0. The predicted octanol–water partition coefficient (Wildman–Crippen LogP) is 2.93. The van der Waals surface area contributed by atoms with Gasteiger partial charge in [0, 0.05) is 12.8 Å². The third kappa shape index (κ3) is 2.92. The molecule has 2 heteroatoms. The van der Waals surface area contributed by atoms with Crippen LogP contribution in [-0.4, -0.2) is 18.5 Å². The van der Waals surface area contributed by atoms with Crippen LogP contribution in [0.4, 0.5) is 0 Å². The molecule has 2 nitrogen and oxygen atoms in total. The SMILES string of the molecule is CC(CC1CC(=O)CCO1)c1ccccc1. The molecule has 2 rings (SSSR count). The molecule has 0 radical (unpaired) electrons. The molecule has 0 spiro atoms. The average Bonchev–Trinajstić information content (AvgIpc) is 2.30. The monoisotopic (exact) mass is 218 g/mol. The second-order valence-corrected chi connectivity index (χ2v) is 4.53. The Morgan fingerprint density at radius 1 is 1.38 bits per heavy atom. The lowest BCUT2D eigenvalue weighted by Gasteiger charge is -2.24. The van der Waals surface area contributed by atoms with Gasteiger partial charge in [-0.3, -0.25) is 4.79 Å². The molecule has 0 aromatic heterocycles. The van der Waals surface area contributed by atoms with Gasteiger partial charge in [-0.05, 0) is 17.9 Å². The van der Waals surface area contributed by atoms with Crippen LogP contribution in [0, 0.1) is 0 Å². The summed E-state index contributed by atoms with van der Waals surface area (Å²) in [6.45, 7) is 2.79. The summed E-state index contributed by atoms with van der Waals surface area (Å²) >= 11 is 0. The van der Waals surface area contributed by atoms with Gasteiger partial charge < -0.3 is 4.74 Å². The van der Waals surface area contributed by atoms with E-state index in [1.165, 1.54) is 5.56 Å². The number of carbonyl (C=O) groups is 1. The number of benzene rings is 1. The van der Waals surface area contributed by atoms with Gasteiger partial charge in [0.2, 0.25) is 0 Å². The van der Waals surface area contributed by atoms with E-state index in [0.717, 1.165) is 6.42 Å². The number of Topliss-reactive ketones (excluding diaryl/α,β-unsaturated/α-hetero) is 1. The summed E-state index contributed by atoms with van der Waals surface area (Å²) < 4.78 is 5.62. The first-order valence-electron chi connectivity index (χ1n) is 5.94. The van der Waals surface area contributed by atoms with Crippen molar-refractivity contribution in [2.24, 2.45) is 0 Å². The molecule has 1 aromatic carbocycles. The summed E-state index contributed by atoms with van der Waals surface area (Å²) in [5.41, 5.74) is 1.32. The third-order valence-corrected chi connectivity index (χ3v) is 3.17. The van der Waals surface area contributed by atoms with Crippen molar-refractivity contribution in [2.45, 2.75) is 38.2 Å². The van der Waals surface area contributed by atoms with Crippen LogP contribution in [0.5, 0.6) is 0 Å². The lowest BCUT2D eigenvalue weighted by Crippen LogP contribution is -2.26. The molecule has 1 aliphatic heterocycles. The largest absolute Gasteiger partial charge is 0.377 e. The van der Waals surface area contributed by atoms with E-state index in [-0.39, 0.29) is 6.10 Å². The van der Waals surface area contributed by atoms with E-state index in [1.54, 1.807) is 0 Å². The maximum atomic E-state index is 11.3. The molecule has 0 aliphatic carbocycles. The first-order chi connectivity index (χ1) is 7.75. The number of hydrogen-bond donors (Lipinski definition) is 0. The molecule has 0 N–H and O–H groups in total. The molecule has 1 heterocycles. The molecule has 0 saturated carbocycles. The molecular weight excluding hydrogens is 200 g/mol. The number of rotatable bonds is 3. The maximum absolute atomic E-state index is 11.3. The van der Waals surface area contributed by atoms with Gasteiger partial charge in [-0.2, -0.15) is 0 Å². The topological polar surface area (TPSA) is 26.3 Å². The zero-order valence-corrected chi connectivity index (χ0v) is 9.69. The molecule has 1 saturated heterocycles. The van der Waals surface area contributed by atoms with Gasteiger partial charge in [0.05, 0.1) is 12.7 Å². The highest BCUT2D eigenvalue weighted by molar-refractivity contribution is 5.79. The Bertz CT molecular complexity index is 345. The minimum absolute atomic E-state index is 0.122. The summed E-state index contributed by atoms with van der Waals surface area (Å²) in [6, 6.07) is 10.4. The molecule has 16 heavy (non-hydrogen) atoms. The van der Waals surface area contributed by atoms with E-state index < -0.39 is 0 Å². The van der Waals surface area contributed by atoms with Crippen molar-refractivity contribution in [1.29, 1.82) is 0 Å². The first-order valence-corrected chi connectivity index (χ1v) is 5.94. The molecule has 2 atom stereocenters. The van der Waals surface area contributed by atoms with Crippen molar-refractivity contribution in [2.75, 3.05) is 6.61 Å². The number of hydrogen-bond acceptors (Lipinski definition) is 2. The quantitative estimate of drug-likeness (QED) is 0.779. The van der Waals surface area contributed by atoms with E-state index in [4.69, 9.17) is 4.74 Å². The highest BCUT2D eigenvalue weighted by atomic mass is 16.5. The van der Waals surface area contributed by atoms with Gasteiger partial charge in [0.25, 0.3) is 0 Å². The molecular formula is C14H18O2. The summed E-state index contributed by atoms with van der Waals surface area (Å²) in [5.74, 6) is 0.800. The van der Waals surface area contributed by atoms with Crippen LogP contribution in [0.15, 0.2) is 30.3 Å². The zero-order valence-electron chi connectivity index (χ0n) is 9.69. The van der Waals surface area contributed by atoms with Crippen molar-refractivity contribution in [3.63, 3.8) is 0 Å². The molecule has 1 aromatic rings. The van der Waals surface area contributed by atoms with E-state index in [0.29, 0.717) is 31.1 Å². The van der Waals surface area contributed by atoms with Crippen LogP contribution in [0.1, 0.15) is 37.7 Å². The second-order valence-electron chi connectivity index (χ2n) is 4.53. The van der Waals surface area contributed by atoms with Crippen LogP contribution in [0.25, 0.3) is 0 Å². The Hall–Kier alpha value is -1.15. The number of carbonyl (C=O) groups excluding carboxylic acids is 1. The Morgan fingerprint density at radius 2 is 2.12 bits per heavy atom. The predicted molar refractivity (Wildman–Crippen MR) is 63.5 cm³/mol. The standard InChI is InChI=1S/C14H18O2/c1-11(12-5-3-2-4-6-12)9-14-10-13(15)7-8-16-14/h2-6,11,14H,7-10H2,1H3. The lowest BCUT2D eigenvalue weighted by atomic mass is 9.92. The van der Waals surface area contributed by atoms with Crippen LogP contribution < -0.4 is 0 Å². The van der Waals surface area contributed by atoms with E-state index in [9.17, 15) is 4.79 Å². The maximum Gasteiger partial charge on any atom is 0.137 e. The summed E-state index contributed by atoms with van der Waals surface area (Å²) in [7, 11) is 0. The molecule has 86 valence electrons. The normalized spacial score (nSPS) is 23.1. The Morgan fingerprint density at radius 3 is 2.81 bits per heavy atom. The fourth-order valence-electron chi connectivity index (χ4n) is 2.22. The van der Waals surface area contributed by atoms with Crippen molar-refractivity contribution >= 4 is 5.78 Å². The van der Waals surface area contributed by atoms with Crippen LogP contribution in [0.3, 0.4) is 0 Å². The minimum atomic E-state index is 0.122. The Labute approximate surface area is 96.6 Å². The van der Waals surface area contributed by atoms with Gasteiger partial charge in [-0.15, -0.1) is 0 Å². The summed E-state index contributed by atoms with van der Waals surface area (Å²) in [6.07, 6.45) is 2.25. The lowest BCUT2D eigenvalue weighted by molar-refractivity contribution is -0.128. The van der Waals surface area contributed by atoms with Crippen LogP contribution >= 0.6 is 0 Å². The van der Waals surface area contributed by atoms with Gasteiger partial charge in [-0.25, -0.2) is 0 Å². The average molecular weight is 218 g/mol. The Kier molecular flexibility index (Phi) is 3.73. The number of ketones is 1. The van der Waals surface area contributed by atoms with Gasteiger partial charge in [-0.1, -0.05) is 37.3 Å². The van der Waals surface area contributed by atoms with Gasteiger partial charge >= 0.3 is 0 Å².